The molecule has 1 aromatic carbocycles. The van der Waals surface area contributed by atoms with E-state index in [1.807, 2.05) is 0 Å². The minimum absolute atomic E-state index is 0.240. The Labute approximate surface area is 130 Å². The van der Waals surface area contributed by atoms with E-state index in [4.69, 9.17) is 5.73 Å². The van der Waals surface area contributed by atoms with Crippen molar-refractivity contribution in [2.24, 2.45) is 11.7 Å². The second-order valence-electron chi connectivity index (χ2n) is 5.68. The zero-order valence-electron chi connectivity index (χ0n) is 12.5. The number of hydrogen-bond donors (Lipinski definition) is 3. The smallest absolute Gasteiger partial charge is 0.248 e. The van der Waals surface area contributed by atoms with E-state index < -0.39 is 12.0 Å². The number of nitrogens with one attached hydrogen (secondary N) is 1. The van der Waals surface area contributed by atoms with E-state index in [1.54, 1.807) is 30.3 Å². The Balaban J connectivity index is 1.79. The number of rotatable bonds is 6. The number of aliphatic hydroxyl groups excluding tert-OH is 1. The molecule has 118 valence electrons. The topological polar surface area (TPSA) is 92.4 Å². The van der Waals surface area contributed by atoms with Crippen LogP contribution in [0.25, 0.3) is 6.08 Å². The first-order chi connectivity index (χ1) is 10.6. The highest BCUT2D eigenvalue weighted by molar-refractivity contribution is 5.94. The number of nitrogens with two attached hydrogens (primary N) is 1. The molecule has 5 heteroatoms. The number of carbonyl (C=O) groups excluding carboxylic acids is 2. The predicted octanol–water partition coefficient (Wildman–Crippen LogP) is 1.47. The lowest BCUT2D eigenvalue weighted by Crippen LogP contribution is -2.34. The molecule has 22 heavy (non-hydrogen) atoms. The van der Waals surface area contributed by atoms with Crippen molar-refractivity contribution in [1.29, 1.82) is 0 Å². The predicted molar refractivity (Wildman–Crippen MR) is 85.0 cm³/mol. The van der Waals surface area contributed by atoms with Gasteiger partial charge in [0.15, 0.2) is 0 Å². The summed E-state index contributed by atoms with van der Waals surface area (Å²) in [5.41, 5.74) is 6.39. The number of aliphatic hydroxyl groups is 1. The van der Waals surface area contributed by atoms with Crippen LogP contribution in [-0.2, 0) is 4.79 Å². The van der Waals surface area contributed by atoms with E-state index >= 15 is 0 Å². The quantitative estimate of drug-likeness (QED) is 0.695. The maximum Gasteiger partial charge on any atom is 0.248 e. The summed E-state index contributed by atoms with van der Waals surface area (Å²) in [7, 11) is 0. The zero-order valence-corrected chi connectivity index (χ0v) is 12.5. The summed E-state index contributed by atoms with van der Waals surface area (Å²) < 4.78 is 0. The van der Waals surface area contributed by atoms with Gasteiger partial charge in [-0.1, -0.05) is 25.0 Å². The van der Waals surface area contributed by atoms with Crippen LogP contribution in [-0.4, -0.2) is 29.6 Å². The summed E-state index contributed by atoms with van der Waals surface area (Å²) in [6.07, 6.45) is 7.02. The molecule has 1 aromatic rings. The van der Waals surface area contributed by atoms with Gasteiger partial charge < -0.3 is 16.2 Å². The van der Waals surface area contributed by atoms with Gasteiger partial charge >= 0.3 is 0 Å². The van der Waals surface area contributed by atoms with Crippen LogP contribution in [0.5, 0.6) is 0 Å². The lowest BCUT2D eigenvalue weighted by Gasteiger charge is -2.17. The maximum absolute atomic E-state index is 11.7. The molecule has 1 unspecified atom stereocenters. The summed E-state index contributed by atoms with van der Waals surface area (Å²) in [6.45, 7) is 0.286. The molecule has 0 radical (unpaired) electrons. The summed E-state index contributed by atoms with van der Waals surface area (Å²) in [4.78, 5) is 22.7. The molecule has 1 aliphatic rings. The fraction of sp³-hybridized carbons (Fsp3) is 0.412. The van der Waals surface area contributed by atoms with Crippen molar-refractivity contribution in [2.75, 3.05) is 6.54 Å². The molecular formula is C17H22N2O3. The van der Waals surface area contributed by atoms with Gasteiger partial charge in [0.25, 0.3) is 0 Å². The van der Waals surface area contributed by atoms with Crippen molar-refractivity contribution in [3.63, 3.8) is 0 Å². The van der Waals surface area contributed by atoms with Gasteiger partial charge in [0.2, 0.25) is 11.8 Å². The van der Waals surface area contributed by atoms with E-state index in [1.165, 1.54) is 6.08 Å². The van der Waals surface area contributed by atoms with Gasteiger partial charge in [0.1, 0.15) is 0 Å². The van der Waals surface area contributed by atoms with E-state index in [2.05, 4.69) is 5.32 Å². The first kappa shape index (κ1) is 16.2. The molecule has 2 amide bonds. The van der Waals surface area contributed by atoms with Crippen LogP contribution in [0.1, 0.15) is 41.6 Å². The average molecular weight is 302 g/mol. The molecule has 1 aliphatic carbocycles. The van der Waals surface area contributed by atoms with Crippen LogP contribution in [0.15, 0.2) is 30.3 Å². The summed E-state index contributed by atoms with van der Waals surface area (Å²) in [5, 5.41) is 12.7. The van der Waals surface area contributed by atoms with Crippen molar-refractivity contribution in [3.05, 3.63) is 41.5 Å². The van der Waals surface area contributed by atoms with Crippen LogP contribution in [0.2, 0.25) is 0 Å². The lowest BCUT2D eigenvalue weighted by atomic mass is 10.0. The molecule has 0 aromatic heterocycles. The van der Waals surface area contributed by atoms with Crippen LogP contribution in [0, 0.1) is 5.92 Å². The second-order valence-corrected chi connectivity index (χ2v) is 5.68. The number of hydrogen-bond acceptors (Lipinski definition) is 3. The van der Waals surface area contributed by atoms with E-state index in [-0.39, 0.29) is 12.5 Å². The Kier molecular flexibility index (Phi) is 5.72. The monoisotopic (exact) mass is 302 g/mol. The fourth-order valence-electron chi connectivity index (χ4n) is 2.70. The number of benzene rings is 1. The van der Waals surface area contributed by atoms with E-state index in [0.717, 1.165) is 31.2 Å². The minimum atomic E-state index is -0.478. The van der Waals surface area contributed by atoms with E-state index in [9.17, 15) is 14.7 Å². The number of amides is 2. The van der Waals surface area contributed by atoms with Crippen LogP contribution >= 0.6 is 0 Å². The molecular weight excluding hydrogens is 280 g/mol. The molecule has 1 fully saturated rings. The molecule has 1 saturated carbocycles. The fourth-order valence-corrected chi connectivity index (χ4v) is 2.70. The summed E-state index contributed by atoms with van der Waals surface area (Å²) >= 11 is 0. The van der Waals surface area contributed by atoms with Crippen LogP contribution < -0.4 is 11.1 Å². The molecule has 2 rings (SSSR count). The standard InChI is InChI=1S/C17H22N2O3/c18-17(22)14-8-5-12(6-9-14)7-10-16(21)19-11-15(20)13-3-1-2-4-13/h5-10,13,15,20H,1-4,11H2,(H2,18,22)(H,19,21)/b10-7+. The van der Waals surface area contributed by atoms with Crippen LogP contribution in [0.4, 0.5) is 0 Å². The SMILES string of the molecule is NC(=O)c1ccc(/C=C/C(=O)NCC(O)C2CCCC2)cc1. The van der Waals surface area contributed by atoms with Gasteiger partial charge in [-0.3, -0.25) is 9.59 Å². The van der Waals surface area contributed by atoms with Crippen LogP contribution in [0.3, 0.4) is 0 Å². The third kappa shape index (κ3) is 4.70. The number of primary amides is 1. The molecule has 0 aliphatic heterocycles. The molecule has 5 nitrogen and oxygen atoms in total. The molecule has 0 spiro atoms. The molecule has 4 N–H and O–H groups in total. The molecule has 0 heterocycles. The van der Waals surface area contributed by atoms with Gasteiger partial charge in [-0.25, -0.2) is 0 Å². The first-order valence-electron chi connectivity index (χ1n) is 7.60. The highest BCUT2D eigenvalue weighted by Gasteiger charge is 2.22. The average Bonchev–Trinajstić information content (AvgIpc) is 3.05. The summed E-state index contributed by atoms with van der Waals surface area (Å²) in [6, 6.07) is 6.67. The Morgan fingerprint density at radius 2 is 1.91 bits per heavy atom. The molecule has 0 saturated heterocycles. The Hall–Kier alpha value is -2.14. The second kappa shape index (κ2) is 7.75. The summed E-state index contributed by atoms with van der Waals surface area (Å²) in [5.74, 6) is -0.407. The largest absolute Gasteiger partial charge is 0.391 e. The number of carbonyl (C=O) groups is 2. The Bertz CT molecular complexity index is 546. The zero-order chi connectivity index (χ0) is 15.9. The highest BCUT2D eigenvalue weighted by atomic mass is 16.3. The van der Waals surface area contributed by atoms with Gasteiger partial charge in [-0.05, 0) is 42.5 Å². The third-order valence-corrected chi connectivity index (χ3v) is 4.05. The molecule has 0 bridgehead atoms. The first-order valence-corrected chi connectivity index (χ1v) is 7.60. The highest BCUT2D eigenvalue weighted by Crippen LogP contribution is 2.27. The van der Waals surface area contributed by atoms with Crippen molar-refractivity contribution < 1.29 is 14.7 Å². The van der Waals surface area contributed by atoms with Gasteiger partial charge in [-0.2, -0.15) is 0 Å². The lowest BCUT2D eigenvalue weighted by molar-refractivity contribution is -0.117. The minimum Gasteiger partial charge on any atom is -0.391 e. The van der Waals surface area contributed by atoms with Crippen molar-refractivity contribution in [3.8, 4) is 0 Å². The van der Waals surface area contributed by atoms with E-state index in [0.29, 0.717) is 11.5 Å². The Morgan fingerprint density at radius 1 is 1.27 bits per heavy atom. The normalized spacial score (nSPS) is 16.8. The van der Waals surface area contributed by atoms with Crippen molar-refractivity contribution in [1.82, 2.24) is 5.32 Å². The van der Waals surface area contributed by atoms with Gasteiger partial charge in [-0.15, -0.1) is 0 Å². The maximum atomic E-state index is 11.7. The van der Waals surface area contributed by atoms with Gasteiger partial charge in [0, 0.05) is 18.2 Å². The van der Waals surface area contributed by atoms with Crippen molar-refractivity contribution >= 4 is 17.9 Å². The van der Waals surface area contributed by atoms with Gasteiger partial charge in [0.05, 0.1) is 6.10 Å². The third-order valence-electron chi connectivity index (χ3n) is 4.05. The van der Waals surface area contributed by atoms with Crippen molar-refractivity contribution in [2.45, 2.75) is 31.8 Å². The Morgan fingerprint density at radius 3 is 2.50 bits per heavy atom. The molecule has 1 atom stereocenters.